The third-order valence-corrected chi connectivity index (χ3v) is 4.82. The number of carbonyl (C=O) groups excluding carboxylic acids is 1. The summed E-state index contributed by atoms with van der Waals surface area (Å²) in [6.07, 6.45) is -3.73. The molecule has 7 nitrogen and oxygen atoms in total. The zero-order valence-corrected chi connectivity index (χ0v) is 15.0. The lowest BCUT2D eigenvalue weighted by molar-refractivity contribution is -0.146. The minimum absolute atomic E-state index is 0.000210. The number of hydrogen-bond donors (Lipinski definition) is 1. The minimum atomic E-state index is -4.66. The Bertz CT molecular complexity index is 1040. The van der Waals surface area contributed by atoms with E-state index in [0.29, 0.717) is 36.3 Å². The molecule has 0 atom stereocenters. The lowest BCUT2D eigenvalue weighted by atomic mass is 9.96. The summed E-state index contributed by atoms with van der Waals surface area (Å²) in [7, 11) is 0. The molecule has 1 aliphatic heterocycles. The molecule has 152 valence electrons. The van der Waals surface area contributed by atoms with E-state index in [4.69, 9.17) is 0 Å². The maximum absolute atomic E-state index is 13.7. The molecule has 4 rings (SSSR count). The van der Waals surface area contributed by atoms with E-state index >= 15 is 0 Å². The van der Waals surface area contributed by atoms with Crippen LogP contribution in [-0.2, 0) is 11.0 Å². The number of benzene rings is 1. The zero-order valence-electron chi connectivity index (χ0n) is 15.0. The van der Waals surface area contributed by atoms with Gasteiger partial charge in [0.05, 0.1) is 5.69 Å². The molecular weight excluding hydrogens is 392 g/mol. The summed E-state index contributed by atoms with van der Waals surface area (Å²) < 4.78 is 53.4. The Hall–Kier alpha value is -3.24. The molecule has 3 heterocycles. The molecule has 0 bridgehead atoms. The Morgan fingerprint density at radius 1 is 1.07 bits per heavy atom. The van der Waals surface area contributed by atoms with Crippen molar-refractivity contribution in [2.24, 2.45) is 5.92 Å². The monoisotopic (exact) mass is 408 g/mol. The maximum Gasteiger partial charge on any atom is 0.453 e. The SMILES string of the molecule is O=C(Nc1ccccc1F)C1CCN(c2ccc3nnc(C(F)(F)F)n3n2)CC1. The van der Waals surface area contributed by atoms with Gasteiger partial charge in [0.25, 0.3) is 5.82 Å². The highest BCUT2D eigenvalue weighted by Gasteiger charge is 2.38. The molecular formula is C18H16F4N6O. The summed E-state index contributed by atoms with van der Waals surface area (Å²) >= 11 is 0. The average molecular weight is 408 g/mol. The standard InChI is InChI=1S/C18H16F4N6O/c19-12-3-1-2-4-13(12)23-16(29)11-7-9-27(10-8-11)15-6-5-14-24-25-17(18(20,21)22)28(14)26-15/h1-6,11H,7-10H2,(H,23,29). The highest BCUT2D eigenvalue weighted by molar-refractivity contribution is 5.92. The number of alkyl halides is 3. The van der Waals surface area contributed by atoms with Crippen LogP contribution in [0, 0.1) is 11.7 Å². The van der Waals surface area contributed by atoms with Gasteiger partial charge in [-0.05, 0) is 37.1 Å². The molecule has 0 radical (unpaired) electrons. The highest BCUT2D eigenvalue weighted by Crippen LogP contribution is 2.29. The van der Waals surface area contributed by atoms with Gasteiger partial charge in [-0.1, -0.05) is 12.1 Å². The van der Waals surface area contributed by atoms with Crippen LogP contribution in [0.25, 0.3) is 5.65 Å². The smallest absolute Gasteiger partial charge is 0.355 e. The van der Waals surface area contributed by atoms with Gasteiger partial charge in [0.2, 0.25) is 5.91 Å². The fourth-order valence-corrected chi connectivity index (χ4v) is 3.29. The molecule has 1 N–H and O–H groups in total. The van der Waals surface area contributed by atoms with Crippen LogP contribution in [0.15, 0.2) is 36.4 Å². The van der Waals surface area contributed by atoms with Gasteiger partial charge in [0.15, 0.2) is 5.65 Å². The number of piperidine rings is 1. The Morgan fingerprint density at radius 3 is 2.48 bits per heavy atom. The van der Waals surface area contributed by atoms with Gasteiger partial charge in [0.1, 0.15) is 11.6 Å². The third kappa shape index (κ3) is 3.84. The Kier molecular flexibility index (Phi) is 4.81. The van der Waals surface area contributed by atoms with Crippen LogP contribution in [-0.4, -0.2) is 38.8 Å². The number of aromatic nitrogens is 4. The molecule has 1 amide bonds. The number of halogens is 4. The first-order valence-corrected chi connectivity index (χ1v) is 8.93. The Balaban J connectivity index is 1.44. The van der Waals surface area contributed by atoms with Crippen LogP contribution < -0.4 is 10.2 Å². The van der Waals surface area contributed by atoms with E-state index in [0.717, 1.165) is 0 Å². The number of carbonyl (C=O) groups is 1. The van der Waals surface area contributed by atoms with E-state index in [1.165, 1.54) is 24.3 Å². The second-order valence-electron chi connectivity index (χ2n) is 6.71. The second-order valence-corrected chi connectivity index (χ2v) is 6.71. The molecule has 1 fully saturated rings. The Morgan fingerprint density at radius 2 is 1.79 bits per heavy atom. The molecule has 11 heteroatoms. The molecule has 1 aliphatic rings. The number of hydrogen-bond acceptors (Lipinski definition) is 5. The van der Waals surface area contributed by atoms with Crippen molar-refractivity contribution in [1.82, 2.24) is 19.8 Å². The van der Waals surface area contributed by atoms with E-state index < -0.39 is 17.8 Å². The first kappa shape index (κ1) is 19.1. The number of anilines is 2. The van der Waals surface area contributed by atoms with E-state index in [9.17, 15) is 22.4 Å². The number of rotatable bonds is 3. The van der Waals surface area contributed by atoms with Crippen LogP contribution in [0.3, 0.4) is 0 Å². The number of amides is 1. The molecule has 0 spiro atoms. The highest BCUT2D eigenvalue weighted by atomic mass is 19.4. The summed E-state index contributed by atoms with van der Waals surface area (Å²) in [6.45, 7) is 0.856. The predicted molar refractivity (Wildman–Crippen MR) is 95.8 cm³/mol. The van der Waals surface area contributed by atoms with E-state index in [1.54, 1.807) is 17.0 Å². The normalized spacial score (nSPS) is 15.7. The summed E-state index contributed by atoms with van der Waals surface area (Å²) in [5.74, 6) is -1.96. The molecule has 1 aromatic carbocycles. The fourth-order valence-electron chi connectivity index (χ4n) is 3.29. The van der Waals surface area contributed by atoms with Crippen molar-refractivity contribution in [2.75, 3.05) is 23.3 Å². The van der Waals surface area contributed by atoms with Crippen LogP contribution >= 0.6 is 0 Å². The first-order valence-electron chi connectivity index (χ1n) is 8.93. The molecule has 2 aromatic heterocycles. The van der Waals surface area contributed by atoms with Crippen molar-refractivity contribution in [3.63, 3.8) is 0 Å². The van der Waals surface area contributed by atoms with E-state index in [2.05, 4.69) is 20.6 Å². The zero-order chi connectivity index (χ0) is 20.6. The largest absolute Gasteiger partial charge is 0.453 e. The molecule has 0 aliphatic carbocycles. The van der Waals surface area contributed by atoms with Crippen LogP contribution in [0.1, 0.15) is 18.7 Å². The van der Waals surface area contributed by atoms with Crippen molar-refractivity contribution in [1.29, 1.82) is 0 Å². The quantitative estimate of drug-likeness (QED) is 0.674. The fraction of sp³-hybridized carbons (Fsp3) is 0.333. The van der Waals surface area contributed by atoms with Crippen molar-refractivity contribution >= 4 is 23.1 Å². The van der Waals surface area contributed by atoms with Gasteiger partial charge in [-0.25, -0.2) is 4.39 Å². The van der Waals surface area contributed by atoms with Crippen LogP contribution in [0.5, 0.6) is 0 Å². The van der Waals surface area contributed by atoms with Gasteiger partial charge >= 0.3 is 6.18 Å². The molecule has 0 saturated carbocycles. The predicted octanol–water partition coefficient (Wildman–Crippen LogP) is 3.14. The first-order chi connectivity index (χ1) is 13.8. The van der Waals surface area contributed by atoms with Gasteiger partial charge in [-0.3, -0.25) is 4.79 Å². The molecule has 0 unspecified atom stereocenters. The molecule has 29 heavy (non-hydrogen) atoms. The summed E-state index contributed by atoms with van der Waals surface area (Å²) in [6, 6.07) is 8.90. The lowest BCUT2D eigenvalue weighted by Gasteiger charge is -2.32. The van der Waals surface area contributed by atoms with Crippen molar-refractivity contribution in [3.8, 4) is 0 Å². The minimum Gasteiger partial charge on any atom is -0.355 e. The maximum atomic E-state index is 13.7. The summed E-state index contributed by atoms with van der Waals surface area (Å²) in [5, 5.41) is 13.2. The third-order valence-electron chi connectivity index (χ3n) is 4.82. The topological polar surface area (TPSA) is 75.4 Å². The average Bonchev–Trinajstić information content (AvgIpc) is 3.13. The van der Waals surface area contributed by atoms with Crippen LogP contribution in [0.2, 0.25) is 0 Å². The van der Waals surface area contributed by atoms with Crippen molar-refractivity contribution in [2.45, 2.75) is 19.0 Å². The van der Waals surface area contributed by atoms with Gasteiger partial charge < -0.3 is 10.2 Å². The number of nitrogens with zero attached hydrogens (tertiary/aromatic N) is 5. The van der Waals surface area contributed by atoms with Gasteiger partial charge in [0, 0.05) is 19.0 Å². The Labute approximate surface area is 162 Å². The molecule has 1 saturated heterocycles. The van der Waals surface area contributed by atoms with Gasteiger partial charge in [-0.2, -0.15) is 17.7 Å². The molecule has 3 aromatic rings. The number of nitrogens with one attached hydrogen (secondary N) is 1. The van der Waals surface area contributed by atoms with Crippen molar-refractivity contribution < 1.29 is 22.4 Å². The number of fused-ring (bicyclic) bond motifs is 1. The van der Waals surface area contributed by atoms with E-state index in [-0.39, 0.29) is 23.2 Å². The van der Waals surface area contributed by atoms with Gasteiger partial charge in [-0.15, -0.1) is 15.3 Å². The summed E-state index contributed by atoms with van der Waals surface area (Å²) in [5.41, 5.74) is 0.125. The summed E-state index contributed by atoms with van der Waals surface area (Å²) in [4.78, 5) is 14.2. The lowest BCUT2D eigenvalue weighted by Crippen LogP contribution is -2.38. The number of para-hydroxylation sites is 1. The van der Waals surface area contributed by atoms with Crippen LogP contribution in [0.4, 0.5) is 29.1 Å². The van der Waals surface area contributed by atoms with Crippen molar-refractivity contribution in [3.05, 3.63) is 48.0 Å². The van der Waals surface area contributed by atoms with E-state index in [1.807, 2.05) is 0 Å². The second kappa shape index (κ2) is 7.30.